The Morgan fingerprint density at radius 2 is 1.89 bits per heavy atom. The lowest BCUT2D eigenvalue weighted by Gasteiger charge is -2.32. The van der Waals surface area contributed by atoms with Crippen LogP contribution in [0.15, 0.2) is 0 Å². The molecule has 0 spiro atoms. The Labute approximate surface area is 111 Å². The van der Waals surface area contributed by atoms with E-state index in [1.807, 2.05) is 0 Å². The van der Waals surface area contributed by atoms with Gasteiger partial charge in [0.05, 0.1) is 6.07 Å². The minimum absolute atomic E-state index is 0.0548. The van der Waals surface area contributed by atoms with Crippen molar-refractivity contribution < 1.29 is 4.79 Å². The number of carbonyl (C=O) groups is 1. The van der Waals surface area contributed by atoms with Crippen LogP contribution in [0.5, 0.6) is 0 Å². The summed E-state index contributed by atoms with van der Waals surface area (Å²) < 4.78 is 0. The fourth-order valence-corrected chi connectivity index (χ4v) is 2.27. The molecule has 18 heavy (non-hydrogen) atoms. The Morgan fingerprint density at radius 1 is 1.33 bits per heavy atom. The van der Waals surface area contributed by atoms with Crippen LogP contribution in [0.25, 0.3) is 0 Å². The van der Waals surface area contributed by atoms with Crippen molar-refractivity contribution in [3.8, 4) is 6.07 Å². The molecule has 1 aliphatic carbocycles. The molecule has 1 atom stereocenters. The van der Waals surface area contributed by atoms with Crippen molar-refractivity contribution in [3.05, 3.63) is 0 Å². The Hall–Kier alpha value is -1.04. The Balaban J connectivity index is 2.57. The molecule has 0 aromatic carbocycles. The topological polar surface area (TPSA) is 52.9 Å². The number of nitrogens with one attached hydrogen (secondary N) is 1. The predicted molar refractivity (Wildman–Crippen MR) is 72.8 cm³/mol. The highest BCUT2D eigenvalue weighted by atomic mass is 16.2. The number of amides is 1. The van der Waals surface area contributed by atoms with Gasteiger partial charge in [0.25, 0.3) is 0 Å². The highest BCUT2D eigenvalue weighted by Crippen LogP contribution is 2.36. The fourth-order valence-electron chi connectivity index (χ4n) is 2.27. The predicted octanol–water partition coefficient (Wildman–Crippen LogP) is 3.26. The normalized spacial score (nSPS) is 20.8. The van der Waals surface area contributed by atoms with Crippen LogP contribution >= 0.6 is 0 Å². The molecule has 1 N–H and O–H groups in total. The van der Waals surface area contributed by atoms with Crippen molar-refractivity contribution in [1.29, 1.82) is 5.26 Å². The molecule has 0 heterocycles. The van der Waals surface area contributed by atoms with Gasteiger partial charge in [0.2, 0.25) is 5.91 Å². The van der Waals surface area contributed by atoms with Crippen LogP contribution < -0.4 is 5.32 Å². The summed E-state index contributed by atoms with van der Waals surface area (Å²) in [6, 6.07) is 2.27. The molecule has 3 nitrogen and oxygen atoms in total. The number of rotatable bonds is 3. The minimum atomic E-state index is -0.754. The summed E-state index contributed by atoms with van der Waals surface area (Å²) >= 11 is 0. The summed E-state index contributed by atoms with van der Waals surface area (Å²) in [4.78, 5) is 12.2. The summed E-state index contributed by atoms with van der Waals surface area (Å²) in [5.74, 6) is 0.349. The summed E-state index contributed by atoms with van der Waals surface area (Å²) in [5, 5.41) is 12.3. The van der Waals surface area contributed by atoms with Gasteiger partial charge in [0.1, 0.15) is 5.41 Å². The lowest BCUT2D eigenvalue weighted by molar-refractivity contribution is -0.129. The fraction of sp³-hybridized carbons (Fsp3) is 0.867. The lowest BCUT2D eigenvalue weighted by Crippen LogP contribution is -2.44. The van der Waals surface area contributed by atoms with E-state index >= 15 is 0 Å². The largest absolute Gasteiger partial charge is 0.354 e. The van der Waals surface area contributed by atoms with Gasteiger partial charge in [-0.25, -0.2) is 0 Å². The van der Waals surface area contributed by atoms with Crippen LogP contribution in [0.2, 0.25) is 0 Å². The molecule has 0 aromatic rings. The van der Waals surface area contributed by atoms with E-state index in [0.717, 1.165) is 32.1 Å². The summed E-state index contributed by atoms with van der Waals surface area (Å²) in [6.07, 6.45) is 4.58. The van der Waals surface area contributed by atoms with E-state index in [9.17, 15) is 10.1 Å². The first-order valence-corrected chi connectivity index (χ1v) is 7.01. The van der Waals surface area contributed by atoms with Crippen molar-refractivity contribution in [2.45, 2.75) is 59.8 Å². The van der Waals surface area contributed by atoms with E-state index < -0.39 is 5.41 Å². The maximum absolute atomic E-state index is 12.2. The maximum Gasteiger partial charge on any atom is 0.240 e. The summed E-state index contributed by atoms with van der Waals surface area (Å²) in [6.45, 7) is 9.31. The number of carbonyl (C=O) groups excluding carboxylic acids is 1. The van der Waals surface area contributed by atoms with Gasteiger partial charge in [-0.05, 0) is 24.2 Å². The SMILES string of the molecule is CC(CNC(=O)C1(C#N)CCCCC1)C(C)(C)C. The molecule has 0 aliphatic heterocycles. The zero-order valence-corrected chi connectivity index (χ0v) is 12.2. The number of nitrogens with zero attached hydrogens (tertiary/aromatic N) is 1. The molecule has 0 saturated heterocycles. The van der Waals surface area contributed by atoms with Crippen LogP contribution in [0.1, 0.15) is 59.8 Å². The molecule has 1 rings (SSSR count). The first-order valence-electron chi connectivity index (χ1n) is 7.01. The average molecular weight is 250 g/mol. The molecule has 102 valence electrons. The van der Waals surface area contributed by atoms with Gasteiger partial charge in [0, 0.05) is 6.54 Å². The van der Waals surface area contributed by atoms with Crippen LogP contribution in [0.3, 0.4) is 0 Å². The Morgan fingerprint density at radius 3 is 2.33 bits per heavy atom. The third-order valence-electron chi connectivity index (χ3n) is 4.40. The zero-order valence-electron chi connectivity index (χ0n) is 12.2. The van der Waals surface area contributed by atoms with Crippen molar-refractivity contribution in [2.24, 2.45) is 16.7 Å². The second-order valence-electron chi connectivity index (χ2n) is 6.73. The molecular formula is C15H26N2O. The summed E-state index contributed by atoms with van der Waals surface area (Å²) in [7, 11) is 0. The quantitative estimate of drug-likeness (QED) is 0.836. The van der Waals surface area contributed by atoms with Crippen molar-refractivity contribution >= 4 is 5.91 Å². The van der Waals surface area contributed by atoms with Gasteiger partial charge in [-0.15, -0.1) is 0 Å². The molecule has 3 heteroatoms. The molecule has 0 aromatic heterocycles. The standard InChI is InChI=1S/C15H26N2O/c1-12(14(2,3)4)10-17-13(18)15(11-16)8-6-5-7-9-15/h12H,5-10H2,1-4H3,(H,17,18). The second kappa shape index (κ2) is 5.73. The highest BCUT2D eigenvalue weighted by molar-refractivity contribution is 5.85. The summed E-state index contributed by atoms with van der Waals surface area (Å²) in [5.41, 5.74) is -0.574. The van der Waals surface area contributed by atoms with Crippen molar-refractivity contribution in [2.75, 3.05) is 6.54 Å². The number of hydrogen-bond donors (Lipinski definition) is 1. The molecule has 0 radical (unpaired) electrons. The van der Waals surface area contributed by atoms with E-state index in [4.69, 9.17) is 0 Å². The highest BCUT2D eigenvalue weighted by Gasteiger charge is 2.39. The number of hydrogen-bond acceptors (Lipinski definition) is 2. The van der Waals surface area contributed by atoms with Gasteiger partial charge in [-0.1, -0.05) is 47.0 Å². The van der Waals surface area contributed by atoms with E-state index in [1.165, 1.54) is 0 Å². The van der Waals surface area contributed by atoms with Gasteiger partial charge >= 0.3 is 0 Å². The molecular weight excluding hydrogens is 224 g/mol. The first-order chi connectivity index (χ1) is 8.32. The Bertz CT molecular complexity index is 329. The van der Waals surface area contributed by atoms with E-state index in [0.29, 0.717) is 12.5 Å². The van der Waals surface area contributed by atoms with Crippen LogP contribution in [0.4, 0.5) is 0 Å². The third kappa shape index (κ3) is 3.48. The molecule has 1 unspecified atom stereocenters. The van der Waals surface area contributed by atoms with Crippen LogP contribution in [-0.2, 0) is 4.79 Å². The van der Waals surface area contributed by atoms with Crippen molar-refractivity contribution in [1.82, 2.24) is 5.32 Å². The van der Waals surface area contributed by atoms with Crippen molar-refractivity contribution in [3.63, 3.8) is 0 Å². The average Bonchev–Trinajstić information content (AvgIpc) is 2.35. The zero-order chi connectivity index (χ0) is 13.8. The molecule has 1 aliphatic rings. The van der Waals surface area contributed by atoms with Gasteiger partial charge in [-0.3, -0.25) is 4.79 Å². The van der Waals surface area contributed by atoms with Gasteiger partial charge in [-0.2, -0.15) is 5.26 Å². The molecule has 1 fully saturated rings. The maximum atomic E-state index is 12.2. The van der Waals surface area contributed by atoms with Crippen LogP contribution in [0, 0.1) is 28.1 Å². The van der Waals surface area contributed by atoms with E-state index in [-0.39, 0.29) is 11.3 Å². The van der Waals surface area contributed by atoms with Crippen LogP contribution in [-0.4, -0.2) is 12.5 Å². The minimum Gasteiger partial charge on any atom is -0.354 e. The number of nitriles is 1. The van der Waals surface area contributed by atoms with Gasteiger partial charge in [0.15, 0.2) is 0 Å². The van der Waals surface area contributed by atoms with E-state index in [1.54, 1.807) is 0 Å². The third-order valence-corrected chi connectivity index (χ3v) is 4.40. The smallest absolute Gasteiger partial charge is 0.240 e. The Kier molecular flexibility index (Phi) is 4.78. The lowest BCUT2D eigenvalue weighted by atomic mass is 9.74. The molecule has 0 bridgehead atoms. The van der Waals surface area contributed by atoms with E-state index in [2.05, 4.69) is 39.1 Å². The van der Waals surface area contributed by atoms with Gasteiger partial charge < -0.3 is 5.32 Å². The first kappa shape index (κ1) is 15.0. The second-order valence-corrected chi connectivity index (χ2v) is 6.73. The monoisotopic (exact) mass is 250 g/mol. The molecule has 1 saturated carbocycles. The molecule has 1 amide bonds.